The van der Waals surface area contributed by atoms with E-state index in [1.165, 1.54) is 87.9 Å². The van der Waals surface area contributed by atoms with E-state index in [1.807, 2.05) is 0 Å². The van der Waals surface area contributed by atoms with Gasteiger partial charge in [-0.15, -0.1) is 6.42 Å². The van der Waals surface area contributed by atoms with Crippen molar-refractivity contribution in [3.63, 3.8) is 0 Å². The number of ether oxygens (including phenoxy) is 2. The molecule has 1 saturated carbocycles. The van der Waals surface area contributed by atoms with Gasteiger partial charge in [-0.05, 0) is 6.42 Å². The number of esters is 1. The molecule has 3 N–H and O–H groups in total. The lowest BCUT2D eigenvalue weighted by atomic mass is 10.0. The van der Waals surface area contributed by atoms with E-state index in [2.05, 4.69) is 27.8 Å². The quantitative estimate of drug-likeness (QED) is 0.103. The maximum atomic E-state index is 13.7. The molecule has 2 fully saturated rings. The highest BCUT2D eigenvalue weighted by molar-refractivity contribution is 5.81. The summed E-state index contributed by atoms with van der Waals surface area (Å²) in [7, 11) is 0. The number of anilines is 1. The van der Waals surface area contributed by atoms with Crippen LogP contribution in [0.15, 0.2) is 6.33 Å². The molecule has 1 aliphatic carbocycles. The van der Waals surface area contributed by atoms with E-state index >= 15 is 0 Å². The predicted octanol–water partition coefficient (Wildman–Crippen LogP) is 5.76. The molecule has 0 bridgehead atoms. The molecule has 0 amide bonds. The van der Waals surface area contributed by atoms with Crippen LogP contribution < -0.4 is 5.73 Å². The van der Waals surface area contributed by atoms with Gasteiger partial charge in [0.2, 0.25) is 5.60 Å². The molecule has 0 radical (unpaired) electrons. The molecule has 9 nitrogen and oxygen atoms in total. The maximum absolute atomic E-state index is 13.7. The summed E-state index contributed by atoms with van der Waals surface area (Å²) in [5.74, 6) is 1.99. The Morgan fingerprint density at radius 2 is 1.68 bits per heavy atom. The Labute approximate surface area is 236 Å². The van der Waals surface area contributed by atoms with Crippen molar-refractivity contribution in [3.05, 3.63) is 12.4 Å². The highest BCUT2D eigenvalue weighted by Gasteiger charge is 2.85. The number of fused-ring (bicyclic) bond motifs is 2. The number of hydrogen-bond acceptors (Lipinski definition) is 8. The maximum Gasteiger partial charge on any atom is 0.312 e. The number of nitrogen functional groups attached to an aromatic ring is 1. The lowest BCUT2D eigenvalue weighted by Gasteiger charge is -2.19. The Kier molecular flexibility index (Phi) is 10.4. The number of rotatable bonds is 18. The first-order valence-corrected chi connectivity index (χ1v) is 15.1. The summed E-state index contributed by atoms with van der Waals surface area (Å²) in [6, 6.07) is 0. The molecule has 0 spiro atoms. The summed E-state index contributed by atoms with van der Waals surface area (Å²) in [6.07, 6.45) is 23.5. The second kappa shape index (κ2) is 13.7. The lowest BCUT2D eigenvalue weighted by molar-refractivity contribution is -0.152. The van der Waals surface area contributed by atoms with Crippen molar-refractivity contribution in [1.82, 2.24) is 19.5 Å². The highest BCUT2D eigenvalue weighted by Crippen LogP contribution is 2.63. The monoisotopic (exact) mass is 557 g/mol. The number of aliphatic hydroxyl groups is 1. The van der Waals surface area contributed by atoms with E-state index in [0.717, 1.165) is 19.3 Å². The Bertz CT molecular complexity index is 1180. The average Bonchev–Trinajstić information content (AvgIpc) is 3.24. The Morgan fingerprint density at radius 3 is 2.23 bits per heavy atom. The molecule has 4 rings (SSSR count). The summed E-state index contributed by atoms with van der Waals surface area (Å²) >= 11 is 0. The molecule has 1 saturated heterocycles. The van der Waals surface area contributed by atoms with Crippen molar-refractivity contribution < 1.29 is 23.8 Å². The van der Waals surface area contributed by atoms with Crippen LogP contribution in [0.2, 0.25) is 0 Å². The van der Waals surface area contributed by atoms with E-state index in [0.29, 0.717) is 0 Å². The van der Waals surface area contributed by atoms with E-state index in [-0.39, 0.29) is 29.8 Å². The first-order valence-electron chi connectivity index (χ1n) is 15.1. The number of nitrogens with zero attached hydrogens (tertiary/aromatic N) is 4. The van der Waals surface area contributed by atoms with Crippen LogP contribution in [0.25, 0.3) is 11.2 Å². The summed E-state index contributed by atoms with van der Waals surface area (Å²) in [4.78, 5) is 23.8. The molecule has 4 atom stereocenters. The molecule has 1 unspecified atom stereocenters. The van der Waals surface area contributed by atoms with Gasteiger partial charge in [-0.1, -0.05) is 103 Å². The van der Waals surface area contributed by atoms with Gasteiger partial charge >= 0.3 is 12.0 Å². The highest BCUT2D eigenvalue weighted by atomic mass is 19.1. The van der Waals surface area contributed by atoms with Crippen molar-refractivity contribution in [2.24, 2.45) is 0 Å². The predicted molar refractivity (Wildman–Crippen MR) is 150 cm³/mol. The van der Waals surface area contributed by atoms with Crippen LogP contribution in [0.4, 0.5) is 10.2 Å². The molecule has 2 aromatic heterocycles. The smallest absolute Gasteiger partial charge is 0.312 e. The fraction of sp³-hybridized carbons (Fsp3) is 0.733. The van der Waals surface area contributed by atoms with Gasteiger partial charge in [0, 0.05) is 12.8 Å². The third kappa shape index (κ3) is 6.58. The van der Waals surface area contributed by atoms with Crippen LogP contribution in [-0.2, 0) is 14.3 Å². The number of nitrogens with two attached hydrogens (primary N) is 1. The third-order valence-corrected chi connectivity index (χ3v) is 8.35. The fourth-order valence-electron chi connectivity index (χ4n) is 5.92. The standard InChI is InChI=1S/C30H44FN5O4/c1-3-5-6-7-8-9-10-11-12-13-14-15-16-17-18-19-23(37)39-27-29(38)20-22(40-30(27,29)4-2)36-21-33-24-25(32)34-28(31)35-26(24)36/h2,21-22,27,38H,3,5-20H2,1H3,(H2,32,34,35)/t22-,27?,29-,30-/m1/s1. The van der Waals surface area contributed by atoms with Crippen LogP contribution in [0, 0.1) is 18.4 Å². The van der Waals surface area contributed by atoms with Crippen LogP contribution >= 0.6 is 0 Å². The molecular formula is C30H44FN5O4. The molecule has 3 heterocycles. The number of carbonyl (C=O) groups is 1. The summed E-state index contributed by atoms with van der Waals surface area (Å²) in [6.45, 7) is 2.26. The van der Waals surface area contributed by atoms with Crippen molar-refractivity contribution in [2.75, 3.05) is 5.73 Å². The van der Waals surface area contributed by atoms with Gasteiger partial charge in [0.1, 0.15) is 6.23 Å². The van der Waals surface area contributed by atoms with Crippen LogP contribution in [0.3, 0.4) is 0 Å². The summed E-state index contributed by atoms with van der Waals surface area (Å²) < 4.78 is 26.7. The zero-order valence-electron chi connectivity index (χ0n) is 23.7. The first-order chi connectivity index (χ1) is 19.4. The van der Waals surface area contributed by atoms with Crippen molar-refractivity contribution in [2.45, 2.75) is 140 Å². The minimum atomic E-state index is -1.54. The van der Waals surface area contributed by atoms with E-state index in [1.54, 1.807) is 0 Å². The zero-order chi connectivity index (χ0) is 28.6. The van der Waals surface area contributed by atoms with Crippen molar-refractivity contribution >= 4 is 23.0 Å². The largest absolute Gasteiger partial charge is 0.455 e. The Hall–Kier alpha value is -2.77. The van der Waals surface area contributed by atoms with E-state index < -0.39 is 35.6 Å². The molecule has 220 valence electrons. The van der Waals surface area contributed by atoms with Gasteiger partial charge in [0.05, 0.1) is 6.33 Å². The summed E-state index contributed by atoms with van der Waals surface area (Å²) in [5.41, 5.74) is 3.08. The molecule has 1 aliphatic heterocycles. The van der Waals surface area contributed by atoms with Gasteiger partial charge in [-0.3, -0.25) is 9.36 Å². The minimum absolute atomic E-state index is 0.0328. The topological polar surface area (TPSA) is 125 Å². The van der Waals surface area contributed by atoms with Crippen LogP contribution in [0.1, 0.15) is 122 Å². The molecule has 2 aliphatic rings. The van der Waals surface area contributed by atoms with Crippen LogP contribution in [0.5, 0.6) is 0 Å². The molecular weight excluding hydrogens is 513 g/mol. The number of terminal acetylenes is 1. The second-order valence-corrected chi connectivity index (χ2v) is 11.4. The summed E-state index contributed by atoms with van der Waals surface area (Å²) in [5, 5.41) is 11.2. The normalized spacial score (nSPS) is 25.1. The third-order valence-electron chi connectivity index (χ3n) is 8.35. The van der Waals surface area contributed by atoms with Gasteiger partial charge < -0.3 is 20.3 Å². The van der Waals surface area contributed by atoms with Gasteiger partial charge in [0.25, 0.3) is 0 Å². The average molecular weight is 558 g/mol. The van der Waals surface area contributed by atoms with Gasteiger partial charge in [-0.2, -0.15) is 14.4 Å². The van der Waals surface area contributed by atoms with Crippen molar-refractivity contribution in [3.8, 4) is 12.3 Å². The van der Waals surface area contributed by atoms with Crippen molar-refractivity contribution in [1.29, 1.82) is 0 Å². The lowest BCUT2D eigenvalue weighted by Crippen LogP contribution is -2.25. The van der Waals surface area contributed by atoms with Gasteiger partial charge in [-0.25, -0.2) is 4.98 Å². The van der Waals surface area contributed by atoms with E-state index in [9.17, 15) is 14.3 Å². The SMILES string of the molecule is C#C[C@]12O[C@@H](n3cnc4c(N)nc(F)nc43)C[C@@]1(O)C2OC(=O)CCCCCCCCCCCCCCCCC. The van der Waals surface area contributed by atoms with Gasteiger partial charge in [0.15, 0.2) is 28.7 Å². The van der Waals surface area contributed by atoms with E-state index in [4.69, 9.17) is 21.6 Å². The second-order valence-electron chi connectivity index (χ2n) is 11.4. The number of imidazole rings is 1. The number of aromatic nitrogens is 4. The molecule has 10 heteroatoms. The fourth-order valence-corrected chi connectivity index (χ4v) is 5.92. The number of halogens is 1. The number of carbonyl (C=O) groups excluding carboxylic acids is 1. The number of hydrogen-bond donors (Lipinski definition) is 2. The molecule has 40 heavy (non-hydrogen) atoms. The van der Waals surface area contributed by atoms with Crippen LogP contribution in [-0.4, -0.2) is 47.9 Å². The number of unbranched alkanes of at least 4 members (excludes halogenated alkanes) is 14. The molecule has 0 aromatic carbocycles. The molecule has 2 aromatic rings. The minimum Gasteiger partial charge on any atom is -0.455 e. The Morgan fingerprint density at radius 1 is 1.10 bits per heavy atom. The first kappa shape index (κ1) is 30.2. The zero-order valence-corrected chi connectivity index (χ0v) is 23.7. The Balaban J connectivity index is 1.09.